The van der Waals surface area contributed by atoms with Crippen molar-refractivity contribution in [3.8, 4) is 0 Å². The summed E-state index contributed by atoms with van der Waals surface area (Å²) >= 11 is 0. The van der Waals surface area contributed by atoms with Crippen LogP contribution in [0.25, 0.3) is 0 Å². The molecule has 6 nitrogen and oxygen atoms in total. The lowest BCUT2D eigenvalue weighted by Crippen LogP contribution is -2.48. The maximum atomic E-state index is 12.8. The molecule has 6 heteroatoms. The van der Waals surface area contributed by atoms with E-state index in [1.807, 2.05) is 11.0 Å². The van der Waals surface area contributed by atoms with Crippen LogP contribution in [0.15, 0.2) is 42.7 Å². The molecule has 0 atom stereocenters. The quantitative estimate of drug-likeness (QED) is 0.837. The molecule has 3 heterocycles. The summed E-state index contributed by atoms with van der Waals surface area (Å²) in [7, 11) is 0. The molecule has 0 aliphatic carbocycles. The van der Waals surface area contributed by atoms with Crippen molar-refractivity contribution in [1.29, 1.82) is 0 Å². The Kier molecular flexibility index (Phi) is 5.23. The summed E-state index contributed by atoms with van der Waals surface area (Å²) in [5.74, 6) is 1.55. The minimum absolute atomic E-state index is 0.0292. The van der Waals surface area contributed by atoms with Gasteiger partial charge in [0.1, 0.15) is 0 Å². The number of aromatic nitrogens is 2. The lowest BCUT2D eigenvalue weighted by atomic mass is 10.00. The Balaban J connectivity index is 1.35. The van der Waals surface area contributed by atoms with E-state index < -0.39 is 0 Å². The number of piperazine rings is 1. The molecule has 2 aliphatic heterocycles. The summed E-state index contributed by atoms with van der Waals surface area (Å²) in [5.41, 5.74) is 1.80. The summed E-state index contributed by atoms with van der Waals surface area (Å²) in [4.78, 5) is 28.2. The first-order chi connectivity index (χ1) is 13.2. The summed E-state index contributed by atoms with van der Waals surface area (Å²) in [6, 6.07) is 10.4. The molecule has 1 aromatic carbocycles. The largest absolute Gasteiger partial charge is 0.368 e. The van der Waals surface area contributed by atoms with Crippen molar-refractivity contribution >= 4 is 17.5 Å². The highest BCUT2D eigenvalue weighted by Crippen LogP contribution is 2.20. The van der Waals surface area contributed by atoms with E-state index in [-0.39, 0.29) is 5.91 Å². The molecule has 0 unspecified atom stereocenters. The molecule has 1 aromatic heterocycles. The van der Waals surface area contributed by atoms with Crippen LogP contribution in [0.2, 0.25) is 0 Å². The van der Waals surface area contributed by atoms with Gasteiger partial charge in [-0.3, -0.25) is 4.79 Å². The van der Waals surface area contributed by atoms with E-state index in [1.54, 1.807) is 12.4 Å². The van der Waals surface area contributed by atoms with Crippen molar-refractivity contribution in [1.82, 2.24) is 14.9 Å². The second kappa shape index (κ2) is 7.94. The van der Waals surface area contributed by atoms with Crippen molar-refractivity contribution in [2.45, 2.75) is 19.8 Å². The number of carbonyl (C=O) groups is 1. The highest BCUT2D eigenvalue weighted by Gasteiger charge is 2.23. The van der Waals surface area contributed by atoms with E-state index in [2.05, 4.69) is 51.0 Å². The summed E-state index contributed by atoms with van der Waals surface area (Å²) in [6.07, 6.45) is 5.73. The number of hydrogen-bond donors (Lipinski definition) is 0. The van der Waals surface area contributed by atoms with Crippen LogP contribution in [-0.4, -0.2) is 60.0 Å². The maximum Gasteiger partial charge on any atom is 0.257 e. The van der Waals surface area contributed by atoms with Gasteiger partial charge < -0.3 is 14.7 Å². The van der Waals surface area contributed by atoms with Gasteiger partial charge in [0.25, 0.3) is 5.91 Å². The lowest BCUT2D eigenvalue weighted by molar-refractivity contribution is 0.0746. The van der Waals surface area contributed by atoms with Gasteiger partial charge in [-0.05, 0) is 30.9 Å². The first-order valence-electron chi connectivity index (χ1n) is 9.87. The summed E-state index contributed by atoms with van der Waals surface area (Å²) in [6.45, 7) is 7.42. The highest BCUT2D eigenvalue weighted by atomic mass is 16.2. The Morgan fingerprint density at radius 3 is 2.15 bits per heavy atom. The third-order valence-electron chi connectivity index (χ3n) is 5.64. The molecule has 1 amide bonds. The Morgan fingerprint density at radius 1 is 0.889 bits per heavy atom. The predicted octanol–water partition coefficient (Wildman–Crippen LogP) is 2.68. The minimum atomic E-state index is 0.0292. The fourth-order valence-corrected chi connectivity index (χ4v) is 3.79. The Labute approximate surface area is 160 Å². The van der Waals surface area contributed by atoms with Crippen molar-refractivity contribution in [3.63, 3.8) is 0 Å². The van der Waals surface area contributed by atoms with Gasteiger partial charge in [-0.2, -0.15) is 0 Å². The monoisotopic (exact) mass is 365 g/mol. The number of carbonyl (C=O) groups excluding carboxylic acids is 1. The SMILES string of the molecule is CC1CCN(c2ncc(C(=O)N3CCN(c4ccccc4)CC3)cn2)CC1. The number of para-hydroxylation sites is 1. The van der Waals surface area contributed by atoms with Gasteiger partial charge in [-0.25, -0.2) is 9.97 Å². The second-order valence-corrected chi connectivity index (χ2v) is 7.56. The van der Waals surface area contributed by atoms with Crippen LogP contribution in [0, 0.1) is 5.92 Å². The van der Waals surface area contributed by atoms with Crippen LogP contribution in [0.4, 0.5) is 11.6 Å². The molecule has 2 aromatic rings. The highest BCUT2D eigenvalue weighted by molar-refractivity contribution is 5.93. The number of nitrogens with zero attached hydrogens (tertiary/aromatic N) is 5. The fraction of sp³-hybridized carbons (Fsp3) is 0.476. The summed E-state index contributed by atoms with van der Waals surface area (Å²) < 4.78 is 0. The van der Waals surface area contributed by atoms with Crippen LogP contribution < -0.4 is 9.80 Å². The smallest absolute Gasteiger partial charge is 0.257 e. The third-order valence-corrected chi connectivity index (χ3v) is 5.64. The molecular weight excluding hydrogens is 338 g/mol. The number of piperidine rings is 1. The zero-order valence-corrected chi connectivity index (χ0v) is 15.9. The molecule has 0 bridgehead atoms. The summed E-state index contributed by atoms with van der Waals surface area (Å²) in [5, 5.41) is 0. The third kappa shape index (κ3) is 4.04. The van der Waals surface area contributed by atoms with Crippen LogP contribution in [-0.2, 0) is 0 Å². The van der Waals surface area contributed by atoms with E-state index in [9.17, 15) is 4.79 Å². The molecule has 2 fully saturated rings. The topological polar surface area (TPSA) is 52.6 Å². The molecule has 0 saturated carbocycles. The van der Waals surface area contributed by atoms with E-state index in [0.29, 0.717) is 5.56 Å². The number of hydrogen-bond acceptors (Lipinski definition) is 5. The maximum absolute atomic E-state index is 12.8. The van der Waals surface area contributed by atoms with Crippen LogP contribution in [0.5, 0.6) is 0 Å². The van der Waals surface area contributed by atoms with E-state index in [0.717, 1.165) is 51.1 Å². The zero-order chi connectivity index (χ0) is 18.6. The Bertz CT molecular complexity index is 748. The molecule has 0 spiro atoms. The average molecular weight is 365 g/mol. The molecule has 142 valence electrons. The molecule has 2 saturated heterocycles. The molecule has 2 aliphatic rings. The fourth-order valence-electron chi connectivity index (χ4n) is 3.79. The van der Waals surface area contributed by atoms with Crippen molar-refractivity contribution < 1.29 is 4.79 Å². The zero-order valence-electron chi connectivity index (χ0n) is 15.9. The number of anilines is 2. The van der Waals surface area contributed by atoms with Gasteiger partial charge in [0.05, 0.1) is 5.56 Å². The van der Waals surface area contributed by atoms with Crippen molar-refractivity contribution in [3.05, 3.63) is 48.3 Å². The van der Waals surface area contributed by atoms with Crippen LogP contribution in [0.1, 0.15) is 30.1 Å². The average Bonchev–Trinajstić information content (AvgIpc) is 2.75. The van der Waals surface area contributed by atoms with Crippen molar-refractivity contribution in [2.75, 3.05) is 49.1 Å². The van der Waals surface area contributed by atoms with E-state index in [1.165, 1.54) is 18.5 Å². The predicted molar refractivity (Wildman–Crippen MR) is 107 cm³/mol. The van der Waals surface area contributed by atoms with Gasteiger partial charge in [-0.15, -0.1) is 0 Å². The normalized spacial score (nSPS) is 18.6. The Morgan fingerprint density at radius 2 is 1.52 bits per heavy atom. The van der Waals surface area contributed by atoms with Gasteiger partial charge >= 0.3 is 0 Å². The standard InChI is InChI=1S/C21H27N5O/c1-17-7-9-26(10-8-17)21-22-15-18(16-23-21)20(27)25-13-11-24(12-14-25)19-5-3-2-4-6-19/h2-6,15-17H,7-14H2,1H3. The van der Waals surface area contributed by atoms with Gasteiger partial charge in [-0.1, -0.05) is 25.1 Å². The number of amides is 1. The molecule has 0 radical (unpaired) electrons. The Hall–Kier alpha value is -2.63. The van der Waals surface area contributed by atoms with Crippen LogP contribution in [0.3, 0.4) is 0 Å². The van der Waals surface area contributed by atoms with Gasteiger partial charge in [0, 0.05) is 57.3 Å². The second-order valence-electron chi connectivity index (χ2n) is 7.56. The number of benzene rings is 1. The van der Waals surface area contributed by atoms with Crippen LogP contribution >= 0.6 is 0 Å². The molecule has 0 N–H and O–H groups in total. The minimum Gasteiger partial charge on any atom is -0.368 e. The van der Waals surface area contributed by atoms with E-state index >= 15 is 0 Å². The number of rotatable bonds is 3. The first-order valence-corrected chi connectivity index (χ1v) is 9.87. The van der Waals surface area contributed by atoms with Gasteiger partial charge in [0.15, 0.2) is 0 Å². The molecule has 4 rings (SSSR count). The van der Waals surface area contributed by atoms with Gasteiger partial charge in [0.2, 0.25) is 5.95 Å². The first kappa shape index (κ1) is 17.8. The lowest BCUT2D eigenvalue weighted by Gasteiger charge is -2.36. The van der Waals surface area contributed by atoms with Crippen molar-refractivity contribution in [2.24, 2.45) is 5.92 Å². The van der Waals surface area contributed by atoms with E-state index in [4.69, 9.17) is 0 Å². The molecular formula is C21H27N5O. The molecule has 27 heavy (non-hydrogen) atoms.